The van der Waals surface area contributed by atoms with Crippen molar-refractivity contribution in [2.75, 3.05) is 7.05 Å². The molecule has 30 heavy (non-hydrogen) atoms. The van der Waals surface area contributed by atoms with Gasteiger partial charge in [-0.15, -0.1) is 0 Å². The Morgan fingerprint density at radius 3 is 2.77 bits per heavy atom. The van der Waals surface area contributed by atoms with E-state index in [1.807, 2.05) is 48.5 Å². The topological polar surface area (TPSA) is 77.3 Å². The van der Waals surface area contributed by atoms with Crippen molar-refractivity contribution in [1.29, 1.82) is 0 Å². The molecule has 0 radical (unpaired) electrons. The predicted octanol–water partition coefficient (Wildman–Crippen LogP) is 4.17. The quantitative estimate of drug-likeness (QED) is 0.657. The summed E-state index contributed by atoms with van der Waals surface area (Å²) in [5.41, 5.74) is 9.33. The fraction of sp³-hybridized carbons (Fsp3) is 0.174. The van der Waals surface area contributed by atoms with Crippen LogP contribution < -0.4 is 10.5 Å². The minimum atomic E-state index is -0.986. The third kappa shape index (κ3) is 2.95. The lowest BCUT2D eigenvalue weighted by molar-refractivity contribution is -0.191. The average molecular weight is 397 g/mol. The molecule has 5 rings (SSSR count). The first-order chi connectivity index (χ1) is 14.6. The maximum Gasteiger partial charge on any atom is 0.222 e. The van der Waals surface area contributed by atoms with Crippen LogP contribution in [-0.4, -0.2) is 23.1 Å². The number of nitrogens with zero attached hydrogens (tertiary/aromatic N) is 4. The van der Waals surface area contributed by atoms with Gasteiger partial charge in [0.15, 0.2) is 5.69 Å². The molecule has 0 bridgehead atoms. The number of pyridine rings is 1. The second kappa shape index (κ2) is 6.87. The van der Waals surface area contributed by atoms with Crippen molar-refractivity contribution >= 4 is 11.6 Å². The number of hydrogen-bond acceptors (Lipinski definition) is 6. The minimum absolute atomic E-state index is 0.273. The molecule has 0 amide bonds. The van der Waals surface area contributed by atoms with Gasteiger partial charge in [-0.05, 0) is 35.4 Å². The van der Waals surface area contributed by atoms with E-state index in [4.69, 9.17) is 26.9 Å². The third-order valence-electron chi connectivity index (χ3n) is 5.40. The normalized spacial score (nSPS) is 22.2. The maximum atomic E-state index is 7.28. The first-order valence-corrected chi connectivity index (χ1v) is 9.55. The second-order valence-electron chi connectivity index (χ2n) is 7.31. The highest BCUT2D eigenvalue weighted by Crippen LogP contribution is 2.50. The molecule has 0 aliphatic carbocycles. The Kier molecular flexibility index (Phi) is 4.16. The van der Waals surface area contributed by atoms with E-state index in [-0.39, 0.29) is 6.10 Å². The molecule has 1 aromatic heterocycles. The van der Waals surface area contributed by atoms with Gasteiger partial charge < -0.3 is 10.5 Å². The molecule has 2 N–H and O–H groups in total. The standard InChI is InChI=1S/C23H19N5O2/c1-25-18-7-3-5-15(11-18)16-8-9-20-19(12-16)23(27-22(24)28(2)30-23)13-21(29-20)17-6-4-10-26-14-17/h3-12,14,21H,13H2,2H3,(H2,24,27). The van der Waals surface area contributed by atoms with Crippen LogP contribution in [0.4, 0.5) is 5.69 Å². The van der Waals surface area contributed by atoms with E-state index in [0.29, 0.717) is 23.8 Å². The van der Waals surface area contributed by atoms with Crippen LogP contribution in [0.25, 0.3) is 16.0 Å². The summed E-state index contributed by atoms with van der Waals surface area (Å²) in [6, 6.07) is 17.3. The van der Waals surface area contributed by atoms with E-state index in [1.54, 1.807) is 25.5 Å². The van der Waals surface area contributed by atoms with E-state index >= 15 is 0 Å². The Morgan fingerprint density at radius 2 is 2.03 bits per heavy atom. The molecule has 2 aliphatic rings. The van der Waals surface area contributed by atoms with Gasteiger partial charge in [0.25, 0.3) is 0 Å². The fourth-order valence-electron chi connectivity index (χ4n) is 3.92. The van der Waals surface area contributed by atoms with Gasteiger partial charge in [0.2, 0.25) is 11.7 Å². The average Bonchev–Trinajstić information content (AvgIpc) is 3.07. The van der Waals surface area contributed by atoms with E-state index in [1.165, 1.54) is 5.06 Å². The Hall–Kier alpha value is -3.89. The molecule has 2 aromatic carbocycles. The number of rotatable bonds is 2. The molecule has 0 fully saturated rings. The van der Waals surface area contributed by atoms with Gasteiger partial charge >= 0.3 is 0 Å². The van der Waals surface area contributed by atoms with Crippen LogP contribution in [0.5, 0.6) is 5.75 Å². The van der Waals surface area contributed by atoms with Crippen molar-refractivity contribution in [2.24, 2.45) is 10.7 Å². The first kappa shape index (κ1) is 18.2. The number of aliphatic imine (C=N–C) groups is 1. The third-order valence-corrected chi connectivity index (χ3v) is 5.40. The molecule has 2 unspecified atom stereocenters. The maximum absolute atomic E-state index is 7.28. The van der Waals surface area contributed by atoms with E-state index in [9.17, 15) is 0 Å². The zero-order valence-corrected chi connectivity index (χ0v) is 16.3. The van der Waals surface area contributed by atoms with Gasteiger partial charge in [-0.25, -0.2) is 19.7 Å². The van der Waals surface area contributed by atoms with Gasteiger partial charge in [-0.2, -0.15) is 0 Å². The number of hydrogen-bond donors (Lipinski definition) is 1. The molecular weight excluding hydrogens is 378 g/mol. The SMILES string of the molecule is [C-]#[N+]c1cccc(-c2ccc3c(c2)C2(CC(c4cccnc4)O3)N=C(N)N(C)O2)c1. The molecule has 1 spiro atoms. The number of benzene rings is 2. The van der Waals surface area contributed by atoms with Crippen LogP contribution in [0.2, 0.25) is 0 Å². The van der Waals surface area contributed by atoms with Crippen LogP contribution >= 0.6 is 0 Å². The Balaban J connectivity index is 1.63. The highest BCUT2D eigenvalue weighted by Gasteiger charge is 2.49. The summed E-state index contributed by atoms with van der Waals surface area (Å²) in [6.45, 7) is 7.28. The number of fused-ring (bicyclic) bond motifs is 2. The molecule has 2 aliphatic heterocycles. The van der Waals surface area contributed by atoms with Crippen LogP contribution in [0, 0.1) is 6.57 Å². The molecule has 0 saturated carbocycles. The molecule has 3 heterocycles. The number of nitrogens with two attached hydrogens (primary N) is 1. The van der Waals surface area contributed by atoms with E-state index in [2.05, 4.69) is 9.83 Å². The van der Waals surface area contributed by atoms with Crippen molar-refractivity contribution in [1.82, 2.24) is 10.0 Å². The van der Waals surface area contributed by atoms with Gasteiger partial charge in [-0.3, -0.25) is 4.98 Å². The highest BCUT2D eigenvalue weighted by atomic mass is 16.7. The summed E-state index contributed by atoms with van der Waals surface area (Å²) < 4.78 is 6.31. The first-order valence-electron chi connectivity index (χ1n) is 9.55. The summed E-state index contributed by atoms with van der Waals surface area (Å²) in [4.78, 5) is 18.6. The summed E-state index contributed by atoms with van der Waals surface area (Å²) in [6.07, 6.45) is 3.71. The summed E-state index contributed by atoms with van der Waals surface area (Å²) in [5.74, 6) is 1.00. The monoisotopic (exact) mass is 397 g/mol. The minimum Gasteiger partial charge on any atom is -0.485 e. The summed E-state index contributed by atoms with van der Waals surface area (Å²) in [7, 11) is 1.74. The van der Waals surface area contributed by atoms with Crippen molar-refractivity contribution in [3.63, 3.8) is 0 Å². The molecule has 2 atom stereocenters. The smallest absolute Gasteiger partial charge is 0.222 e. The van der Waals surface area contributed by atoms with Crippen LogP contribution in [0.1, 0.15) is 23.7 Å². The van der Waals surface area contributed by atoms with Gasteiger partial charge in [0.05, 0.1) is 12.1 Å². The molecule has 3 aromatic rings. The predicted molar refractivity (Wildman–Crippen MR) is 113 cm³/mol. The molecule has 7 nitrogen and oxygen atoms in total. The highest BCUT2D eigenvalue weighted by molar-refractivity contribution is 5.79. The molecule has 7 heteroatoms. The largest absolute Gasteiger partial charge is 0.485 e. The number of guanidine groups is 1. The lowest BCUT2D eigenvalue weighted by Crippen LogP contribution is -2.36. The van der Waals surface area contributed by atoms with Crippen molar-refractivity contribution in [3.8, 4) is 16.9 Å². The Morgan fingerprint density at radius 1 is 1.17 bits per heavy atom. The van der Waals surface area contributed by atoms with Crippen molar-refractivity contribution < 1.29 is 9.57 Å². The lowest BCUT2D eigenvalue weighted by atomic mass is 9.88. The Bertz CT molecular complexity index is 1190. The zero-order valence-electron chi connectivity index (χ0n) is 16.3. The van der Waals surface area contributed by atoms with Crippen LogP contribution in [-0.2, 0) is 10.6 Å². The fourth-order valence-corrected chi connectivity index (χ4v) is 3.92. The summed E-state index contributed by atoms with van der Waals surface area (Å²) in [5, 5.41) is 1.49. The molecular formula is C23H19N5O2. The lowest BCUT2D eigenvalue weighted by Gasteiger charge is -2.37. The summed E-state index contributed by atoms with van der Waals surface area (Å²) >= 11 is 0. The van der Waals surface area contributed by atoms with E-state index < -0.39 is 5.72 Å². The van der Waals surface area contributed by atoms with Gasteiger partial charge in [0, 0.05) is 31.4 Å². The molecule has 0 saturated heterocycles. The van der Waals surface area contributed by atoms with Crippen LogP contribution in [0.15, 0.2) is 72.0 Å². The van der Waals surface area contributed by atoms with Gasteiger partial charge in [-0.1, -0.05) is 30.3 Å². The zero-order chi connectivity index (χ0) is 20.7. The number of ether oxygens (including phenoxy) is 1. The Labute approximate surface area is 174 Å². The van der Waals surface area contributed by atoms with Crippen molar-refractivity contribution in [2.45, 2.75) is 18.2 Å². The van der Waals surface area contributed by atoms with Crippen molar-refractivity contribution in [3.05, 3.63) is 89.5 Å². The number of aromatic nitrogens is 1. The molecule has 148 valence electrons. The van der Waals surface area contributed by atoms with Gasteiger partial charge in [0.1, 0.15) is 11.9 Å². The van der Waals surface area contributed by atoms with E-state index in [0.717, 1.165) is 22.3 Å². The number of hydroxylamine groups is 2. The van der Waals surface area contributed by atoms with Crippen LogP contribution in [0.3, 0.4) is 0 Å². The second-order valence-corrected chi connectivity index (χ2v) is 7.31.